The molecule has 0 bridgehead atoms. The van der Waals surface area contributed by atoms with Crippen LogP contribution in [0, 0.1) is 0 Å². The smallest absolute Gasteiger partial charge is 0.251 e. The Labute approximate surface area is 202 Å². The van der Waals surface area contributed by atoms with Crippen molar-refractivity contribution < 1.29 is 14.3 Å². The second-order valence-electron chi connectivity index (χ2n) is 8.07. The molecule has 0 spiro atoms. The lowest BCUT2D eigenvalue weighted by Crippen LogP contribution is -2.22. The number of para-hydroxylation sites is 1. The molecule has 8 heteroatoms. The summed E-state index contributed by atoms with van der Waals surface area (Å²) in [5, 5.41) is 9.01. The predicted molar refractivity (Wildman–Crippen MR) is 134 cm³/mol. The third-order valence-electron chi connectivity index (χ3n) is 5.69. The number of benzene rings is 3. The summed E-state index contributed by atoms with van der Waals surface area (Å²) in [7, 11) is 1.62. The minimum Gasteiger partial charge on any atom is -0.497 e. The van der Waals surface area contributed by atoms with E-state index in [0.717, 1.165) is 33.8 Å². The van der Waals surface area contributed by atoms with Crippen molar-refractivity contribution in [1.82, 2.24) is 15.3 Å². The van der Waals surface area contributed by atoms with E-state index in [1.54, 1.807) is 37.6 Å². The highest BCUT2D eigenvalue weighted by Gasteiger charge is 2.20. The molecule has 8 nitrogen and oxygen atoms in total. The summed E-state index contributed by atoms with van der Waals surface area (Å²) in [6.45, 7) is 0.421. The lowest BCUT2D eigenvalue weighted by atomic mass is 10.1. The molecule has 1 aliphatic heterocycles. The van der Waals surface area contributed by atoms with Crippen molar-refractivity contribution in [3.8, 4) is 17.0 Å². The second-order valence-corrected chi connectivity index (χ2v) is 8.07. The van der Waals surface area contributed by atoms with E-state index < -0.39 is 0 Å². The van der Waals surface area contributed by atoms with Crippen molar-refractivity contribution >= 4 is 29.1 Å². The Bertz CT molecular complexity index is 1390. The van der Waals surface area contributed by atoms with E-state index >= 15 is 0 Å². The minimum absolute atomic E-state index is 0.0960. The molecule has 2 amide bonds. The van der Waals surface area contributed by atoms with Gasteiger partial charge in [-0.25, -0.2) is 9.97 Å². The van der Waals surface area contributed by atoms with Crippen LogP contribution in [0.25, 0.3) is 11.3 Å². The highest BCUT2D eigenvalue weighted by molar-refractivity contribution is 6.00. The number of amides is 2. The van der Waals surface area contributed by atoms with Crippen LogP contribution in [-0.2, 0) is 17.8 Å². The fourth-order valence-corrected chi connectivity index (χ4v) is 3.86. The van der Waals surface area contributed by atoms with Crippen molar-refractivity contribution in [1.29, 1.82) is 0 Å². The highest BCUT2D eigenvalue weighted by Crippen LogP contribution is 2.32. The fourth-order valence-electron chi connectivity index (χ4n) is 3.86. The van der Waals surface area contributed by atoms with Crippen LogP contribution in [0.15, 0.2) is 79.0 Å². The number of carbonyl (C=O) groups excluding carboxylic acids is 2. The molecule has 2 heterocycles. The number of hydrogen-bond donors (Lipinski definition) is 3. The normalized spacial score (nSPS) is 12.0. The molecule has 0 saturated heterocycles. The van der Waals surface area contributed by atoms with Gasteiger partial charge in [0.15, 0.2) is 0 Å². The molecule has 0 atom stereocenters. The van der Waals surface area contributed by atoms with E-state index in [1.807, 2.05) is 48.5 Å². The van der Waals surface area contributed by atoms with Crippen LogP contribution >= 0.6 is 0 Å². The largest absolute Gasteiger partial charge is 0.497 e. The number of ether oxygens (including phenoxy) is 1. The standard InChI is InChI=1S/C27H23N5O3/c1-35-21-12-6-17(7-13-21)15-28-26(34)18-8-10-20(11-9-18)30-27-29-16-19-14-24(33)31-23-5-3-2-4-22(23)25(19)32-27/h2-13,16H,14-15H2,1H3,(H,28,34)(H,31,33)(H,29,30,32). The van der Waals surface area contributed by atoms with Crippen LogP contribution < -0.4 is 20.7 Å². The summed E-state index contributed by atoms with van der Waals surface area (Å²) in [4.78, 5) is 33.8. The van der Waals surface area contributed by atoms with E-state index in [-0.39, 0.29) is 18.2 Å². The molecule has 5 rings (SSSR count). The topological polar surface area (TPSA) is 105 Å². The number of methoxy groups -OCH3 is 1. The molecule has 35 heavy (non-hydrogen) atoms. The summed E-state index contributed by atoms with van der Waals surface area (Å²) in [6, 6.07) is 22.2. The first-order chi connectivity index (χ1) is 17.1. The van der Waals surface area contributed by atoms with Crippen molar-refractivity contribution in [3.63, 3.8) is 0 Å². The maximum atomic E-state index is 12.5. The zero-order chi connectivity index (χ0) is 24.2. The molecule has 4 aromatic rings. The van der Waals surface area contributed by atoms with E-state index in [2.05, 4.69) is 25.9 Å². The van der Waals surface area contributed by atoms with Gasteiger partial charge in [-0.05, 0) is 48.0 Å². The number of anilines is 3. The van der Waals surface area contributed by atoms with Crippen molar-refractivity contribution in [3.05, 3.63) is 95.7 Å². The Morgan fingerprint density at radius 3 is 2.57 bits per heavy atom. The van der Waals surface area contributed by atoms with Gasteiger partial charge in [-0.15, -0.1) is 0 Å². The first-order valence-corrected chi connectivity index (χ1v) is 11.1. The Morgan fingerprint density at radius 1 is 1.03 bits per heavy atom. The Balaban J connectivity index is 1.27. The van der Waals surface area contributed by atoms with E-state index in [4.69, 9.17) is 4.74 Å². The monoisotopic (exact) mass is 465 g/mol. The summed E-state index contributed by atoms with van der Waals surface area (Å²) < 4.78 is 5.15. The lowest BCUT2D eigenvalue weighted by Gasteiger charge is -2.11. The number of nitrogens with one attached hydrogen (secondary N) is 3. The van der Waals surface area contributed by atoms with Crippen molar-refractivity contribution in [2.45, 2.75) is 13.0 Å². The van der Waals surface area contributed by atoms with Crippen LogP contribution in [-0.4, -0.2) is 28.9 Å². The van der Waals surface area contributed by atoms with Crippen molar-refractivity contribution in [2.75, 3.05) is 17.7 Å². The Kier molecular flexibility index (Phi) is 6.09. The predicted octanol–water partition coefficient (Wildman–Crippen LogP) is 4.32. The van der Waals surface area contributed by atoms with Gasteiger partial charge in [-0.2, -0.15) is 0 Å². The van der Waals surface area contributed by atoms with Crippen molar-refractivity contribution in [2.24, 2.45) is 0 Å². The van der Waals surface area contributed by atoms with Gasteiger partial charge in [0.05, 0.1) is 24.9 Å². The molecule has 1 aliphatic rings. The van der Waals surface area contributed by atoms with Crippen LogP contribution in [0.4, 0.5) is 17.3 Å². The molecule has 174 valence electrons. The molecular formula is C27H23N5O3. The Morgan fingerprint density at radius 2 is 1.80 bits per heavy atom. The van der Waals surface area contributed by atoms with Gasteiger partial charge in [0.2, 0.25) is 11.9 Å². The Hall–Kier alpha value is -4.72. The van der Waals surface area contributed by atoms with Gasteiger partial charge in [0, 0.05) is 35.1 Å². The third-order valence-corrected chi connectivity index (χ3v) is 5.69. The number of nitrogens with zero attached hydrogens (tertiary/aromatic N) is 2. The van der Waals surface area contributed by atoms with Gasteiger partial charge in [0.1, 0.15) is 5.75 Å². The van der Waals surface area contributed by atoms with E-state index in [0.29, 0.717) is 23.8 Å². The van der Waals surface area contributed by atoms with E-state index in [9.17, 15) is 9.59 Å². The van der Waals surface area contributed by atoms with Crippen LogP contribution in [0.2, 0.25) is 0 Å². The number of aromatic nitrogens is 2. The van der Waals surface area contributed by atoms with E-state index in [1.165, 1.54) is 0 Å². The molecule has 1 aromatic heterocycles. The molecule has 0 fully saturated rings. The molecule has 3 aromatic carbocycles. The maximum Gasteiger partial charge on any atom is 0.251 e. The molecule has 3 N–H and O–H groups in total. The number of hydrogen-bond acceptors (Lipinski definition) is 6. The van der Waals surface area contributed by atoms with Crippen LogP contribution in [0.1, 0.15) is 21.5 Å². The zero-order valence-corrected chi connectivity index (χ0v) is 19.0. The molecular weight excluding hydrogens is 442 g/mol. The third kappa shape index (κ3) is 4.96. The molecule has 0 radical (unpaired) electrons. The highest BCUT2D eigenvalue weighted by atomic mass is 16.5. The maximum absolute atomic E-state index is 12.5. The first kappa shape index (κ1) is 22.1. The molecule has 0 unspecified atom stereocenters. The summed E-state index contributed by atoms with van der Waals surface area (Å²) >= 11 is 0. The molecule has 0 saturated carbocycles. The summed E-state index contributed by atoms with van der Waals surface area (Å²) in [5.41, 5.74) is 5.33. The quantitative estimate of drug-likeness (QED) is 0.392. The summed E-state index contributed by atoms with van der Waals surface area (Å²) in [5.74, 6) is 0.921. The zero-order valence-electron chi connectivity index (χ0n) is 19.0. The minimum atomic E-state index is -0.164. The van der Waals surface area contributed by atoms with Gasteiger partial charge in [-0.3, -0.25) is 9.59 Å². The second kappa shape index (κ2) is 9.64. The average molecular weight is 466 g/mol. The fraction of sp³-hybridized carbons (Fsp3) is 0.111. The summed E-state index contributed by atoms with van der Waals surface area (Å²) in [6.07, 6.45) is 1.89. The average Bonchev–Trinajstić information content (AvgIpc) is 3.03. The number of fused-ring (bicyclic) bond motifs is 3. The van der Waals surface area contributed by atoms with Gasteiger partial charge in [0.25, 0.3) is 5.91 Å². The number of rotatable bonds is 6. The van der Waals surface area contributed by atoms with Crippen LogP contribution in [0.5, 0.6) is 5.75 Å². The first-order valence-electron chi connectivity index (χ1n) is 11.1. The molecule has 0 aliphatic carbocycles. The van der Waals surface area contributed by atoms with Gasteiger partial charge in [-0.1, -0.05) is 30.3 Å². The van der Waals surface area contributed by atoms with Gasteiger partial charge >= 0.3 is 0 Å². The van der Waals surface area contributed by atoms with Crippen LogP contribution in [0.3, 0.4) is 0 Å². The van der Waals surface area contributed by atoms with Gasteiger partial charge < -0.3 is 20.7 Å². The number of carbonyl (C=O) groups is 2. The SMILES string of the molecule is COc1ccc(CNC(=O)c2ccc(Nc3ncc4c(n3)-c3ccccc3NC(=O)C4)cc2)cc1. The lowest BCUT2D eigenvalue weighted by molar-refractivity contribution is -0.115.